The number of hydrogen-bond donors (Lipinski definition) is 0. The Balaban J connectivity index is 1.05. The first-order chi connectivity index (χ1) is 33.7. The summed E-state index contributed by atoms with van der Waals surface area (Å²) in [5.74, 6) is 1.75. The lowest BCUT2D eigenvalue weighted by Crippen LogP contribution is -2.04. The van der Waals surface area contributed by atoms with Gasteiger partial charge in [-0.1, -0.05) is 127 Å². The van der Waals surface area contributed by atoms with Crippen molar-refractivity contribution in [2.24, 2.45) is 0 Å². The lowest BCUT2D eigenvalue weighted by atomic mass is 10.0. The van der Waals surface area contributed by atoms with Crippen LogP contribution < -0.4 is 0 Å². The minimum Gasteiger partial charge on any atom is -0.456 e. The fraction of sp³-hybridized carbons (Fsp3) is 0. The van der Waals surface area contributed by atoms with E-state index in [0.29, 0.717) is 17.5 Å². The van der Waals surface area contributed by atoms with Crippen molar-refractivity contribution >= 4 is 108 Å². The predicted octanol–water partition coefficient (Wildman–Crippen LogP) is 16.5. The number of furan rings is 1. The van der Waals surface area contributed by atoms with E-state index in [9.17, 15) is 0 Å². The molecule has 10 aromatic carbocycles. The Bertz CT molecular complexity index is 4580. The quantitative estimate of drug-likeness (QED) is 0.173. The van der Waals surface area contributed by atoms with E-state index < -0.39 is 0 Å². The van der Waals surface area contributed by atoms with Gasteiger partial charge >= 0.3 is 0 Å². The second-order valence-corrected chi connectivity index (χ2v) is 18.6. The molecule has 0 aliphatic carbocycles. The van der Waals surface area contributed by atoms with Crippen LogP contribution in [0.25, 0.3) is 142 Å². The van der Waals surface area contributed by atoms with Crippen molar-refractivity contribution in [3.8, 4) is 45.5 Å². The van der Waals surface area contributed by atoms with Gasteiger partial charge in [0.05, 0.1) is 33.3 Å². The maximum atomic E-state index is 6.67. The van der Waals surface area contributed by atoms with Crippen molar-refractivity contribution in [1.29, 1.82) is 0 Å². The van der Waals surface area contributed by atoms with Crippen LogP contribution in [0.15, 0.2) is 217 Å². The van der Waals surface area contributed by atoms with Crippen LogP contribution in [-0.2, 0) is 0 Å². The molecule has 0 saturated heterocycles. The Morgan fingerprint density at radius 2 is 0.941 bits per heavy atom. The number of thiophene rings is 1. The standard InChI is InChI=1S/C61H35N5OS/c1-2-16-40(17-3-1)65-48-22-10-6-18-41(48)46-33-38(27-29-50(46)65)59-62-60(39-26-28-44-43-20-9-13-25-55(43)68-56(44)35-39)64-61(63-59)58-51(30-31-54-57(58)45-21-8-12-24-53(45)67-54)66-49-23-11-7-19-42(49)47-32-36-14-4-5-15-37(36)34-52(47)66/h1-35H. The molecule has 0 N–H and O–H groups in total. The maximum absolute atomic E-state index is 6.67. The molecule has 0 amide bonds. The van der Waals surface area contributed by atoms with Gasteiger partial charge in [-0.25, -0.2) is 15.0 Å². The van der Waals surface area contributed by atoms with Crippen molar-refractivity contribution in [2.45, 2.75) is 0 Å². The number of rotatable bonds is 5. The molecule has 0 atom stereocenters. The smallest absolute Gasteiger partial charge is 0.166 e. The molecule has 5 aromatic heterocycles. The van der Waals surface area contributed by atoms with Crippen LogP contribution in [0.3, 0.4) is 0 Å². The minimum atomic E-state index is 0.562. The first-order valence-electron chi connectivity index (χ1n) is 22.8. The minimum absolute atomic E-state index is 0.562. The average molecular weight is 886 g/mol. The summed E-state index contributed by atoms with van der Waals surface area (Å²) in [6, 6.07) is 75.5. The molecule has 15 aromatic rings. The largest absolute Gasteiger partial charge is 0.456 e. The predicted molar refractivity (Wildman–Crippen MR) is 282 cm³/mol. The molecule has 5 heterocycles. The van der Waals surface area contributed by atoms with E-state index in [4.69, 9.17) is 19.4 Å². The van der Waals surface area contributed by atoms with Crippen LogP contribution in [0.1, 0.15) is 0 Å². The van der Waals surface area contributed by atoms with Gasteiger partial charge in [-0.3, -0.25) is 0 Å². The summed E-state index contributed by atoms with van der Waals surface area (Å²) >= 11 is 1.79. The fourth-order valence-corrected chi connectivity index (χ4v) is 11.9. The summed E-state index contributed by atoms with van der Waals surface area (Å²) in [5, 5.41) is 11.4. The number of para-hydroxylation sites is 4. The third-order valence-corrected chi connectivity index (χ3v) is 14.9. The topological polar surface area (TPSA) is 61.7 Å². The second-order valence-electron chi connectivity index (χ2n) is 17.5. The van der Waals surface area contributed by atoms with E-state index >= 15 is 0 Å². The Labute approximate surface area is 392 Å². The Morgan fingerprint density at radius 3 is 1.75 bits per heavy atom. The van der Waals surface area contributed by atoms with E-state index in [-0.39, 0.29) is 0 Å². The Kier molecular flexibility index (Phi) is 7.85. The van der Waals surface area contributed by atoms with Crippen molar-refractivity contribution in [2.75, 3.05) is 0 Å². The zero-order valence-electron chi connectivity index (χ0n) is 36.3. The highest BCUT2D eigenvalue weighted by Gasteiger charge is 2.25. The Morgan fingerprint density at radius 1 is 0.353 bits per heavy atom. The van der Waals surface area contributed by atoms with Gasteiger partial charge in [0.2, 0.25) is 0 Å². The summed E-state index contributed by atoms with van der Waals surface area (Å²) in [6.07, 6.45) is 0. The van der Waals surface area contributed by atoms with Crippen molar-refractivity contribution in [3.05, 3.63) is 212 Å². The zero-order chi connectivity index (χ0) is 44.5. The fourth-order valence-electron chi connectivity index (χ4n) is 10.7. The van der Waals surface area contributed by atoms with Crippen LogP contribution in [-0.4, -0.2) is 24.1 Å². The normalized spacial score (nSPS) is 12.1. The molecule has 0 radical (unpaired) electrons. The molecule has 0 spiro atoms. The molecule has 6 nitrogen and oxygen atoms in total. The molecule has 68 heavy (non-hydrogen) atoms. The maximum Gasteiger partial charge on any atom is 0.166 e. The highest BCUT2D eigenvalue weighted by Crippen LogP contribution is 2.45. The molecule has 0 fully saturated rings. The van der Waals surface area contributed by atoms with E-state index in [1.165, 1.54) is 41.7 Å². The van der Waals surface area contributed by atoms with Crippen LogP contribution in [0.4, 0.5) is 0 Å². The number of benzene rings is 10. The number of nitrogens with zero attached hydrogens (tertiary/aromatic N) is 5. The highest BCUT2D eigenvalue weighted by atomic mass is 32.1. The second kappa shape index (κ2) is 14.3. The van der Waals surface area contributed by atoms with E-state index in [1.54, 1.807) is 11.3 Å². The van der Waals surface area contributed by atoms with Gasteiger partial charge in [-0.15, -0.1) is 11.3 Å². The highest BCUT2D eigenvalue weighted by molar-refractivity contribution is 7.25. The first-order valence-corrected chi connectivity index (χ1v) is 23.7. The van der Waals surface area contributed by atoms with Crippen molar-refractivity contribution < 1.29 is 4.42 Å². The SMILES string of the molecule is c1ccc(-n2c3ccccc3c3cc(-c4nc(-c5ccc6c(c5)sc5ccccc56)nc(-c5c(-n6c7ccccc7c7cc8ccccc8cc76)ccc6oc7ccccc7c56)n4)ccc32)cc1. The molecule has 15 rings (SSSR count). The molecule has 0 aliphatic heterocycles. The third-order valence-electron chi connectivity index (χ3n) is 13.7. The first kappa shape index (κ1) is 37.3. The molecule has 0 bridgehead atoms. The zero-order valence-corrected chi connectivity index (χ0v) is 37.1. The van der Waals surface area contributed by atoms with Crippen LogP contribution in [0.5, 0.6) is 0 Å². The third kappa shape index (κ3) is 5.48. The molecule has 316 valence electrons. The summed E-state index contributed by atoms with van der Waals surface area (Å²) in [5.41, 5.74) is 10.8. The van der Waals surface area contributed by atoms with Gasteiger partial charge in [0, 0.05) is 69.3 Å². The molecular weight excluding hydrogens is 851 g/mol. The van der Waals surface area contributed by atoms with Crippen LogP contribution in [0.2, 0.25) is 0 Å². The van der Waals surface area contributed by atoms with E-state index in [1.807, 2.05) is 12.1 Å². The molecule has 0 aliphatic rings. The summed E-state index contributed by atoms with van der Waals surface area (Å²) in [6.45, 7) is 0. The van der Waals surface area contributed by atoms with Crippen molar-refractivity contribution in [1.82, 2.24) is 24.1 Å². The van der Waals surface area contributed by atoms with E-state index in [2.05, 4.69) is 209 Å². The van der Waals surface area contributed by atoms with Crippen molar-refractivity contribution in [3.63, 3.8) is 0 Å². The lowest BCUT2D eigenvalue weighted by molar-refractivity contribution is 0.669. The van der Waals surface area contributed by atoms with Crippen LogP contribution >= 0.6 is 11.3 Å². The van der Waals surface area contributed by atoms with Gasteiger partial charge in [-0.2, -0.15) is 0 Å². The molecule has 0 saturated carbocycles. The number of aromatic nitrogens is 5. The Hall–Kier alpha value is -8.91. The molecular formula is C61H35N5OS. The molecule has 0 unspecified atom stereocenters. The molecule has 7 heteroatoms. The number of fused-ring (bicyclic) bond motifs is 13. The monoisotopic (exact) mass is 885 g/mol. The lowest BCUT2D eigenvalue weighted by Gasteiger charge is -2.16. The van der Waals surface area contributed by atoms with Gasteiger partial charge in [0.15, 0.2) is 17.5 Å². The van der Waals surface area contributed by atoms with Gasteiger partial charge in [0.25, 0.3) is 0 Å². The summed E-state index contributed by atoms with van der Waals surface area (Å²) < 4.78 is 13.8. The summed E-state index contributed by atoms with van der Waals surface area (Å²) in [4.78, 5) is 16.6. The number of hydrogen-bond acceptors (Lipinski definition) is 5. The van der Waals surface area contributed by atoms with Crippen LogP contribution in [0, 0.1) is 0 Å². The summed E-state index contributed by atoms with van der Waals surface area (Å²) in [7, 11) is 0. The van der Waals surface area contributed by atoms with E-state index in [0.717, 1.165) is 82.8 Å². The average Bonchev–Trinajstić information content (AvgIpc) is 4.15. The van der Waals surface area contributed by atoms with Gasteiger partial charge < -0.3 is 13.6 Å². The van der Waals surface area contributed by atoms with Gasteiger partial charge in [0.1, 0.15) is 11.2 Å². The van der Waals surface area contributed by atoms with Gasteiger partial charge in [-0.05, 0) is 95.7 Å².